The molecule has 0 aromatic carbocycles. The van der Waals surface area contributed by atoms with Gasteiger partial charge < -0.3 is 19.4 Å². The minimum atomic E-state index is -4.46. The van der Waals surface area contributed by atoms with Crippen molar-refractivity contribution in [3.05, 3.63) is 85.1 Å². The van der Waals surface area contributed by atoms with Crippen molar-refractivity contribution in [1.29, 1.82) is 0 Å². The topological polar surface area (TPSA) is 111 Å². The molecule has 2 N–H and O–H groups in total. The molecule has 0 bridgehead atoms. The third-order valence-electron chi connectivity index (χ3n) is 15.3. The van der Waals surface area contributed by atoms with Crippen molar-refractivity contribution in [2.45, 2.75) is 328 Å². The van der Waals surface area contributed by atoms with Gasteiger partial charge in [0.05, 0.1) is 33.8 Å². The van der Waals surface area contributed by atoms with Crippen molar-refractivity contribution in [3.63, 3.8) is 0 Å². The number of unbranched alkanes of at least 4 members (excludes halogenated alkanes) is 35. The molecule has 10 heteroatoms. The number of nitrogens with one attached hydrogen (secondary N) is 1. The zero-order valence-electron chi connectivity index (χ0n) is 55.2. The maximum Gasteiger partial charge on any atom is 0.472 e. The molecule has 0 fully saturated rings. The summed E-state index contributed by atoms with van der Waals surface area (Å²) in [5.74, 6) is -0.516. The highest BCUT2D eigenvalue weighted by atomic mass is 31.2. The second kappa shape index (κ2) is 62.2. The van der Waals surface area contributed by atoms with Crippen LogP contribution in [0, 0.1) is 0 Å². The standard InChI is InChI=1S/C73H133N2O7P/c1-7-10-13-16-19-22-25-28-30-32-34-35-36-37-38-39-41-43-45-48-51-54-57-60-63-66-73(77)82-71(64-61-58-55-52-49-46-27-24-21-18-15-12-9-3)70(69-81-83(78,79)80-68-67-75(4,5)6)74-72(76)65-62-59-56-53-50-47-44-42-40-33-31-29-26-23-20-17-14-11-8-2/h19-20,22-23,28-31,34-35,40,42,61,64,70-71H,7-18,21,24-27,32-33,36-39,41,43-60,62-63,65-69H2,1-6H3,(H-,74,76,78,79)/p+1/b22-19-,23-20-,30-28-,31-29-,35-34-,42-40-,64-61-. The number of quaternary nitrogens is 1. The van der Waals surface area contributed by atoms with Crippen LogP contribution in [0.15, 0.2) is 85.1 Å². The van der Waals surface area contributed by atoms with E-state index >= 15 is 0 Å². The summed E-state index contributed by atoms with van der Waals surface area (Å²) < 4.78 is 30.8. The number of hydrogen-bond donors (Lipinski definition) is 2. The summed E-state index contributed by atoms with van der Waals surface area (Å²) in [5, 5.41) is 3.06. The molecule has 0 saturated heterocycles. The second-order valence-corrected chi connectivity index (χ2v) is 26.1. The van der Waals surface area contributed by atoms with Gasteiger partial charge in [-0.25, -0.2) is 4.57 Å². The van der Waals surface area contributed by atoms with Crippen LogP contribution in [-0.2, 0) is 27.9 Å². The van der Waals surface area contributed by atoms with Crippen LogP contribution in [0.4, 0.5) is 0 Å². The van der Waals surface area contributed by atoms with Crippen LogP contribution in [0.5, 0.6) is 0 Å². The van der Waals surface area contributed by atoms with Crippen LogP contribution in [-0.4, -0.2) is 74.3 Å². The Labute approximate surface area is 514 Å². The number of amides is 1. The molecule has 0 rings (SSSR count). The number of rotatable bonds is 63. The van der Waals surface area contributed by atoms with Crippen molar-refractivity contribution < 1.29 is 37.3 Å². The fraction of sp³-hybridized carbons (Fsp3) is 0.781. The minimum Gasteiger partial charge on any atom is -0.456 e. The minimum absolute atomic E-state index is 0.0347. The zero-order valence-corrected chi connectivity index (χ0v) is 56.1. The molecule has 0 aromatic rings. The fourth-order valence-electron chi connectivity index (χ4n) is 9.90. The number of phosphoric ester groups is 1. The monoisotopic (exact) mass is 1180 g/mol. The Morgan fingerprint density at radius 3 is 1.12 bits per heavy atom. The van der Waals surface area contributed by atoms with E-state index in [1.54, 1.807) is 0 Å². The molecular weight excluding hydrogens is 1050 g/mol. The summed E-state index contributed by atoms with van der Waals surface area (Å²) in [4.78, 5) is 37.9. The van der Waals surface area contributed by atoms with Crippen LogP contribution in [0.25, 0.3) is 0 Å². The summed E-state index contributed by atoms with van der Waals surface area (Å²) in [6, 6.07) is -0.861. The number of carbonyl (C=O) groups excluding carboxylic acids is 2. The van der Waals surface area contributed by atoms with Gasteiger partial charge in [-0.2, -0.15) is 0 Å². The van der Waals surface area contributed by atoms with Crippen LogP contribution < -0.4 is 5.32 Å². The number of esters is 1. The first-order chi connectivity index (χ1) is 40.4. The van der Waals surface area contributed by atoms with Gasteiger partial charge in [0.2, 0.25) is 5.91 Å². The molecule has 0 saturated carbocycles. The maximum absolute atomic E-state index is 13.6. The lowest BCUT2D eigenvalue weighted by molar-refractivity contribution is -0.870. The lowest BCUT2D eigenvalue weighted by Crippen LogP contribution is -2.47. The summed E-state index contributed by atoms with van der Waals surface area (Å²) in [6.07, 6.45) is 83.0. The van der Waals surface area contributed by atoms with Gasteiger partial charge in [-0.3, -0.25) is 18.6 Å². The zero-order chi connectivity index (χ0) is 60.7. The largest absolute Gasteiger partial charge is 0.472 e. The van der Waals surface area contributed by atoms with Crippen LogP contribution >= 0.6 is 7.82 Å². The molecule has 0 aromatic heterocycles. The fourth-order valence-corrected chi connectivity index (χ4v) is 10.6. The van der Waals surface area contributed by atoms with E-state index in [1.807, 2.05) is 33.3 Å². The Hall–Kier alpha value is -2.81. The van der Waals surface area contributed by atoms with Crippen molar-refractivity contribution in [3.8, 4) is 0 Å². The number of hydrogen-bond acceptors (Lipinski definition) is 6. The summed E-state index contributed by atoms with van der Waals surface area (Å²) in [7, 11) is 1.48. The maximum atomic E-state index is 13.6. The SMILES string of the molecule is CCCCC/C=C\C/C=C\C/C=C\CCCCCCCCCCCCCCC(=O)OC(/C=C\CCCCCCCCCCCCC)C(COP(=O)(O)OCC[N+](C)(C)C)NC(=O)CCCCCCCC/C=C\C/C=C\C/C=C\CCCCC. The molecule has 0 heterocycles. The molecule has 0 spiro atoms. The average Bonchev–Trinajstić information content (AvgIpc) is 3.46. The van der Waals surface area contributed by atoms with Crippen LogP contribution in [0.2, 0.25) is 0 Å². The summed E-state index contributed by atoms with van der Waals surface area (Å²) in [6.45, 7) is 6.97. The van der Waals surface area contributed by atoms with E-state index in [-0.39, 0.29) is 31.5 Å². The predicted molar refractivity (Wildman–Crippen MR) is 360 cm³/mol. The van der Waals surface area contributed by atoms with E-state index in [1.165, 1.54) is 186 Å². The van der Waals surface area contributed by atoms with Gasteiger partial charge in [-0.15, -0.1) is 0 Å². The van der Waals surface area contributed by atoms with Crippen molar-refractivity contribution >= 4 is 19.7 Å². The smallest absolute Gasteiger partial charge is 0.456 e. The van der Waals surface area contributed by atoms with Crippen molar-refractivity contribution in [2.24, 2.45) is 0 Å². The lowest BCUT2D eigenvalue weighted by atomic mass is 10.0. The number of likely N-dealkylation sites (N-methyl/N-ethyl adjacent to an activating group) is 1. The van der Waals surface area contributed by atoms with Crippen molar-refractivity contribution in [1.82, 2.24) is 5.32 Å². The van der Waals surface area contributed by atoms with E-state index in [9.17, 15) is 19.0 Å². The van der Waals surface area contributed by atoms with Gasteiger partial charge >= 0.3 is 13.8 Å². The first kappa shape index (κ1) is 80.2. The van der Waals surface area contributed by atoms with E-state index in [4.69, 9.17) is 13.8 Å². The Kier molecular flexibility index (Phi) is 60.1. The Balaban J connectivity index is 5.15. The number of allylic oxidation sites excluding steroid dienone is 13. The third kappa shape index (κ3) is 63.5. The number of nitrogens with zero attached hydrogens (tertiary/aromatic N) is 1. The highest BCUT2D eigenvalue weighted by molar-refractivity contribution is 7.47. The second-order valence-electron chi connectivity index (χ2n) is 24.7. The molecule has 0 aliphatic rings. The summed E-state index contributed by atoms with van der Waals surface area (Å²) in [5.41, 5.74) is 0. The molecule has 3 atom stereocenters. The van der Waals surface area contributed by atoms with Crippen LogP contribution in [0.1, 0.15) is 316 Å². The third-order valence-corrected chi connectivity index (χ3v) is 16.3. The van der Waals surface area contributed by atoms with E-state index in [0.29, 0.717) is 17.4 Å². The van der Waals surface area contributed by atoms with Gasteiger partial charge in [0.1, 0.15) is 19.3 Å². The molecule has 0 aliphatic carbocycles. The Bertz CT molecular complexity index is 1700. The molecule has 3 unspecified atom stereocenters. The van der Waals surface area contributed by atoms with Gasteiger partial charge in [-0.1, -0.05) is 280 Å². The van der Waals surface area contributed by atoms with E-state index in [0.717, 1.165) is 96.3 Å². The first-order valence-corrected chi connectivity index (χ1v) is 36.4. The summed E-state index contributed by atoms with van der Waals surface area (Å²) >= 11 is 0. The normalized spacial score (nSPS) is 14.1. The van der Waals surface area contributed by atoms with E-state index in [2.05, 4.69) is 99.0 Å². The molecular formula is C73H134N2O7P+. The quantitative estimate of drug-likeness (QED) is 0.0205. The molecule has 0 aliphatic heterocycles. The molecule has 1 amide bonds. The Morgan fingerprint density at radius 2 is 0.735 bits per heavy atom. The highest BCUT2D eigenvalue weighted by Gasteiger charge is 2.30. The molecule has 482 valence electrons. The Morgan fingerprint density at radius 1 is 0.422 bits per heavy atom. The number of phosphoric acid groups is 1. The number of ether oxygens (including phenoxy) is 1. The highest BCUT2D eigenvalue weighted by Crippen LogP contribution is 2.43. The van der Waals surface area contributed by atoms with Gasteiger partial charge in [0.15, 0.2) is 0 Å². The lowest BCUT2D eigenvalue weighted by Gasteiger charge is -2.27. The van der Waals surface area contributed by atoms with E-state index < -0.39 is 20.0 Å². The predicted octanol–water partition coefficient (Wildman–Crippen LogP) is 22.1. The number of carbonyl (C=O) groups is 2. The van der Waals surface area contributed by atoms with Crippen molar-refractivity contribution in [2.75, 3.05) is 40.9 Å². The van der Waals surface area contributed by atoms with Gasteiger partial charge in [0.25, 0.3) is 0 Å². The molecule has 0 radical (unpaired) electrons. The van der Waals surface area contributed by atoms with Crippen LogP contribution in [0.3, 0.4) is 0 Å². The molecule has 9 nitrogen and oxygen atoms in total. The first-order valence-electron chi connectivity index (χ1n) is 34.9. The van der Waals surface area contributed by atoms with Gasteiger partial charge in [-0.05, 0) is 109 Å². The van der Waals surface area contributed by atoms with Gasteiger partial charge in [0, 0.05) is 12.8 Å². The average molecular weight is 1180 g/mol. The molecule has 83 heavy (non-hydrogen) atoms.